The number of hydrogen-bond acceptors (Lipinski definition) is 5. The molecule has 0 amide bonds. The Morgan fingerprint density at radius 2 is 2.39 bits per heavy atom. The molecule has 2 aromatic heterocycles. The van der Waals surface area contributed by atoms with Gasteiger partial charge in [0.15, 0.2) is 0 Å². The molecule has 1 fully saturated rings. The summed E-state index contributed by atoms with van der Waals surface area (Å²) < 4.78 is 13.5. The van der Waals surface area contributed by atoms with Crippen LogP contribution < -0.4 is 0 Å². The van der Waals surface area contributed by atoms with Gasteiger partial charge in [-0.2, -0.15) is 0 Å². The van der Waals surface area contributed by atoms with Crippen molar-refractivity contribution >= 4 is 11.3 Å². The number of rotatable bonds is 6. The molecule has 1 aliphatic rings. The molecule has 0 spiro atoms. The zero-order valence-corrected chi connectivity index (χ0v) is 14.9. The molecule has 0 radical (unpaired) electrons. The minimum Gasteiger partial charge on any atom is -0.378 e. The van der Waals surface area contributed by atoms with Gasteiger partial charge in [-0.05, 0) is 26.0 Å². The first-order chi connectivity index (χ1) is 11.2. The van der Waals surface area contributed by atoms with E-state index in [-0.39, 0.29) is 6.10 Å². The maximum absolute atomic E-state index is 5.71. The Morgan fingerprint density at radius 3 is 3.13 bits per heavy atom. The highest BCUT2D eigenvalue weighted by Crippen LogP contribution is 2.27. The topological polar surface area (TPSA) is 39.5 Å². The largest absolute Gasteiger partial charge is 0.378 e. The molecular weight excluding hydrogens is 310 g/mol. The van der Waals surface area contributed by atoms with E-state index in [9.17, 15) is 0 Å². The monoisotopic (exact) mass is 335 g/mol. The van der Waals surface area contributed by atoms with Crippen LogP contribution in [0.1, 0.15) is 42.4 Å². The summed E-state index contributed by atoms with van der Waals surface area (Å²) >= 11 is 1.69. The lowest BCUT2D eigenvalue weighted by molar-refractivity contribution is -0.0157. The highest BCUT2D eigenvalue weighted by atomic mass is 32.1. The lowest BCUT2D eigenvalue weighted by atomic mass is 10.1. The van der Waals surface area contributed by atoms with Crippen LogP contribution in [0, 0.1) is 0 Å². The maximum Gasteiger partial charge on any atom is 0.122 e. The lowest BCUT2D eigenvalue weighted by Crippen LogP contribution is -2.39. The van der Waals surface area contributed by atoms with Gasteiger partial charge in [0, 0.05) is 44.0 Å². The Labute approximate surface area is 141 Å². The molecule has 0 N–H and O–H groups in total. The smallest absolute Gasteiger partial charge is 0.122 e. The maximum atomic E-state index is 5.71. The van der Waals surface area contributed by atoms with Crippen LogP contribution >= 0.6 is 11.3 Å². The minimum atomic E-state index is 0.0760. The van der Waals surface area contributed by atoms with E-state index in [1.807, 2.05) is 6.92 Å². The molecule has 0 saturated carbocycles. The Balaban J connectivity index is 1.71. The molecule has 0 bridgehead atoms. The third kappa shape index (κ3) is 3.83. The van der Waals surface area contributed by atoms with E-state index in [1.54, 1.807) is 11.3 Å². The van der Waals surface area contributed by atoms with E-state index in [4.69, 9.17) is 14.5 Å². The molecule has 23 heavy (non-hydrogen) atoms. The van der Waals surface area contributed by atoms with Gasteiger partial charge in [-0.25, -0.2) is 4.98 Å². The molecule has 126 valence electrons. The van der Waals surface area contributed by atoms with Crippen molar-refractivity contribution in [3.63, 3.8) is 0 Å². The van der Waals surface area contributed by atoms with Crippen LogP contribution in [0.4, 0.5) is 0 Å². The third-order valence-corrected chi connectivity index (χ3v) is 5.32. The molecule has 5 nitrogen and oxygen atoms in total. The van der Waals surface area contributed by atoms with Crippen molar-refractivity contribution in [2.75, 3.05) is 26.4 Å². The fourth-order valence-electron chi connectivity index (χ4n) is 3.03. The van der Waals surface area contributed by atoms with Crippen molar-refractivity contribution in [3.8, 4) is 0 Å². The summed E-state index contributed by atoms with van der Waals surface area (Å²) in [4.78, 5) is 7.23. The molecule has 0 aliphatic carbocycles. The number of aromatic nitrogens is 2. The molecule has 1 saturated heterocycles. The summed E-state index contributed by atoms with van der Waals surface area (Å²) in [6, 6.07) is 4.56. The van der Waals surface area contributed by atoms with Gasteiger partial charge in [0.25, 0.3) is 0 Å². The van der Waals surface area contributed by atoms with Crippen molar-refractivity contribution in [1.82, 2.24) is 14.5 Å². The Kier molecular flexibility index (Phi) is 5.48. The minimum absolute atomic E-state index is 0.0760. The molecule has 2 atom stereocenters. The van der Waals surface area contributed by atoms with Crippen molar-refractivity contribution in [1.29, 1.82) is 0 Å². The summed E-state index contributed by atoms with van der Waals surface area (Å²) in [6.07, 6.45) is 2.17. The fourth-order valence-corrected chi connectivity index (χ4v) is 3.85. The molecular formula is C17H25N3O2S. The normalized spacial score (nSPS) is 20.7. The van der Waals surface area contributed by atoms with Crippen molar-refractivity contribution in [3.05, 3.63) is 40.1 Å². The van der Waals surface area contributed by atoms with E-state index in [2.05, 4.69) is 47.1 Å². The van der Waals surface area contributed by atoms with Gasteiger partial charge in [-0.15, -0.1) is 11.3 Å². The van der Waals surface area contributed by atoms with Crippen LogP contribution in [0.15, 0.2) is 23.7 Å². The van der Waals surface area contributed by atoms with Crippen LogP contribution in [0.2, 0.25) is 0 Å². The van der Waals surface area contributed by atoms with Crippen molar-refractivity contribution in [2.45, 2.75) is 32.5 Å². The zero-order chi connectivity index (χ0) is 16.2. The second kappa shape index (κ2) is 7.57. The Bertz CT molecular complexity index is 625. The van der Waals surface area contributed by atoms with Crippen LogP contribution in [-0.4, -0.2) is 40.8 Å². The summed E-state index contributed by atoms with van der Waals surface area (Å²) in [5.41, 5.74) is 2.42. The molecule has 1 aliphatic heterocycles. The van der Waals surface area contributed by atoms with Crippen LogP contribution in [-0.2, 0) is 23.1 Å². The molecule has 3 rings (SSSR count). The quantitative estimate of drug-likeness (QED) is 0.813. The van der Waals surface area contributed by atoms with Crippen LogP contribution in [0.5, 0.6) is 0 Å². The van der Waals surface area contributed by atoms with Gasteiger partial charge in [0.2, 0.25) is 0 Å². The lowest BCUT2D eigenvalue weighted by Gasteiger charge is -2.35. The average molecular weight is 335 g/mol. The SMILES string of the molecule is CCO[C@@H](C)c1nc(CN2CCOC[C@H]2c2cccn2C)cs1. The molecule has 2 aromatic rings. The second-order valence-corrected chi connectivity index (χ2v) is 6.77. The molecule has 0 aromatic carbocycles. The molecule has 0 unspecified atom stereocenters. The fraction of sp³-hybridized carbons (Fsp3) is 0.588. The van der Waals surface area contributed by atoms with Gasteiger partial charge in [-0.3, -0.25) is 4.90 Å². The van der Waals surface area contributed by atoms with Gasteiger partial charge in [0.05, 0.1) is 24.9 Å². The van der Waals surface area contributed by atoms with E-state index in [0.717, 1.165) is 43.6 Å². The highest BCUT2D eigenvalue weighted by molar-refractivity contribution is 7.09. The number of nitrogens with zero attached hydrogens (tertiary/aromatic N) is 3. The number of morpholine rings is 1. The predicted molar refractivity (Wildman–Crippen MR) is 91.5 cm³/mol. The Morgan fingerprint density at radius 1 is 1.52 bits per heavy atom. The van der Waals surface area contributed by atoms with Gasteiger partial charge < -0.3 is 14.0 Å². The zero-order valence-electron chi connectivity index (χ0n) is 14.1. The number of ether oxygens (including phenoxy) is 2. The van der Waals surface area contributed by atoms with Crippen LogP contribution in [0.3, 0.4) is 0 Å². The number of thiazole rings is 1. The van der Waals surface area contributed by atoms with Gasteiger partial charge in [0.1, 0.15) is 11.1 Å². The van der Waals surface area contributed by atoms with E-state index >= 15 is 0 Å². The standard InChI is InChI=1S/C17H25N3O2S/c1-4-22-13(2)17-18-14(12-23-17)10-20-8-9-21-11-16(20)15-6-5-7-19(15)3/h5-7,12-13,16H,4,8-11H2,1-3H3/t13-,16-/m0/s1. The Hall–Kier alpha value is -1.21. The van der Waals surface area contributed by atoms with E-state index in [1.165, 1.54) is 5.69 Å². The number of hydrogen-bond donors (Lipinski definition) is 0. The summed E-state index contributed by atoms with van der Waals surface area (Å²) in [5, 5.41) is 3.22. The summed E-state index contributed by atoms with van der Waals surface area (Å²) in [7, 11) is 2.09. The summed E-state index contributed by atoms with van der Waals surface area (Å²) in [5.74, 6) is 0. The van der Waals surface area contributed by atoms with Crippen molar-refractivity contribution < 1.29 is 9.47 Å². The van der Waals surface area contributed by atoms with Gasteiger partial charge >= 0.3 is 0 Å². The third-order valence-electron chi connectivity index (χ3n) is 4.26. The first kappa shape index (κ1) is 16.6. The average Bonchev–Trinajstić information content (AvgIpc) is 3.17. The van der Waals surface area contributed by atoms with Crippen LogP contribution in [0.25, 0.3) is 0 Å². The van der Waals surface area contributed by atoms with Gasteiger partial charge in [-0.1, -0.05) is 0 Å². The van der Waals surface area contributed by atoms with E-state index in [0.29, 0.717) is 6.04 Å². The number of aryl methyl sites for hydroxylation is 1. The molecule has 6 heteroatoms. The highest BCUT2D eigenvalue weighted by Gasteiger charge is 2.27. The molecule has 3 heterocycles. The first-order valence-corrected chi connectivity index (χ1v) is 9.06. The predicted octanol–water partition coefficient (Wildman–Crippen LogP) is 3.15. The first-order valence-electron chi connectivity index (χ1n) is 8.18. The second-order valence-electron chi connectivity index (χ2n) is 5.88. The summed E-state index contributed by atoms with van der Waals surface area (Å²) in [6.45, 7) is 8.11. The van der Waals surface area contributed by atoms with Crippen molar-refractivity contribution in [2.24, 2.45) is 7.05 Å². The van der Waals surface area contributed by atoms with E-state index < -0.39 is 0 Å².